The van der Waals surface area contributed by atoms with Gasteiger partial charge in [-0.1, -0.05) is 33.6 Å². The zero-order valence-electron chi connectivity index (χ0n) is 10.8. The first kappa shape index (κ1) is 13.3. The maximum absolute atomic E-state index is 3.61. The molecule has 0 aliphatic carbocycles. The topological polar surface area (TPSA) is 3.24 Å². The van der Waals surface area contributed by atoms with Crippen LogP contribution in [0, 0.1) is 6.92 Å². The lowest BCUT2D eigenvalue weighted by molar-refractivity contribution is 0.646. The summed E-state index contributed by atoms with van der Waals surface area (Å²) in [6.07, 6.45) is 0. The fraction of sp³-hybridized carbons (Fsp3) is 0.571. The SMILES string of the molecule is Cc1ccc(N2CCSC(C)(C)C2)c(CBr)c1. The first-order valence-corrected chi connectivity index (χ1v) is 8.17. The van der Waals surface area contributed by atoms with Gasteiger partial charge < -0.3 is 4.90 Å². The summed E-state index contributed by atoms with van der Waals surface area (Å²) in [6, 6.07) is 6.78. The van der Waals surface area contributed by atoms with Crippen LogP contribution in [0.5, 0.6) is 0 Å². The quantitative estimate of drug-likeness (QED) is 0.752. The molecule has 0 atom stereocenters. The highest BCUT2D eigenvalue weighted by molar-refractivity contribution is 9.08. The summed E-state index contributed by atoms with van der Waals surface area (Å²) in [5.74, 6) is 1.22. The lowest BCUT2D eigenvalue weighted by Gasteiger charge is -2.39. The van der Waals surface area contributed by atoms with E-state index >= 15 is 0 Å². The van der Waals surface area contributed by atoms with E-state index in [4.69, 9.17) is 0 Å². The van der Waals surface area contributed by atoms with Crippen molar-refractivity contribution in [3.63, 3.8) is 0 Å². The van der Waals surface area contributed by atoms with Gasteiger partial charge in [-0.15, -0.1) is 0 Å². The Morgan fingerprint density at radius 3 is 2.82 bits per heavy atom. The van der Waals surface area contributed by atoms with Crippen LogP contribution >= 0.6 is 27.7 Å². The molecule has 0 unspecified atom stereocenters. The average Bonchev–Trinajstić information content (AvgIpc) is 2.27. The van der Waals surface area contributed by atoms with Crippen LogP contribution in [0.2, 0.25) is 0 Å². The molecular weight excluding hydrogens is 294 g/mol. The number of anilines is 1. The molecule has 1 aromatic rings. The minimum Gasteiger partial charge on any atom is -0.369 e. The molecule has 1 aliphatic rings. The van der Waals surface area contributed by atoms with Gasteiger partial charge in [-0.3, -0.25) is 0 Å². The Morgan fingerprint density at radius 2 is 2.18 bits per heavy atom. The molecule has 0 amide bonds. The first-order chi connectivity index (χ1) is 8.02. The van der Waals surface area contributed by atoms with Gasteiger partial charge in [0.15, 0.2) is 0 Å². The van der Waals surface area contributed by atoms with Crippen LogP contribution in [0.4, 0.5) is 5.69 Å². The fourth-order valence-corrected chi connectivity index (χ4v) is 3.91. The molecular formula is C14H20BrNS. The second-order valence-corrected chi connectivity index (χ2v) is 7.66. The summed E-state index contributed by atoms with van der Waals surface area (Å²) >= 11 is 5.69. The third kappa shape index (κ3) is 3.19. The number of rotatable bonds is 2. The molecule has 1 heterocycles. The molecule has 1 nitrogen and oxygen atoms in total. The van der Waals surface area contributed by atoms with Gasteiger partial charge in [0.2, 0.25) is 0 Å². The first-order valence-electron chi connectivity index (χ1n) is 6.06. The van der Waals surface area contributed by atoms with Gasteiger partial charge in [0, 0.05) is 34.6 Å². The molecule has 3 heteroatoms. The summed E-state index contributed by atoms with van der Waals surface area (Å²) in [7, 11) is 0. The molecule has 0 N–H and O–H groups in total. The Labute approximate surface area is 117 Å². The van der Waals surface area contributed by atoms with Crippen molar-refractivity contribution in [2.24, 2.45) is 0 Å². The molecule has 0 aromatic heterocycles. The number of hydrogen-bond acceptors (Lipinski definition) is 2. The average molecular weight is 314 g/mol. The largest absolute Gasteiger partial charge is 0.369 e. The van der Waals surface area contributed by atoms with E-state index in [9.17, 15) is 0 Å². The fourth-order valence-electron chi connectivity index (χ4n) is 2.35. The molecule has 0 radical (unpaired) electrons. The van der Waals surface area contributed by atoms with Gasteiger partial charge in [0.1, 0.15) is 0 Å². The molecule has 1 aromatic carbocycles. The summed E-state index contributed by atoms with van der Waals surface area (Å²) in [5, 5.41) is 0.939. The molecule has 1 fully saturated rings. The standard InChI is InChI=1S/C14H20BrNS/c1-11-4-5-13(12(8-11)9-15)16-6-7-17-14(2,3)10-16/h4-5,8H,6-7,9-10H2,1-3H3. The summed E-state index contributed by atoms with van der Waals surface area (Å²) in [5.41, 5.74) is 4.15. The maximum atomic E-state index is 3.61. The van der Waals surface area contributed by atoms with Crippen molar-refractivity contribution in [3.8, 4) is 0 Å². The van der Waals surface area contributed by atoms with Crippen molar-refractivity contribution in [3.05, 3.63) is 29.3 Å². The van der Waals surface area contributed by atoms with Gasteiger partial charge in [-0.05, 0) is 32.4 Å². The van der Waals surface area contributed by atoms with Crippen LogP contribution in [0.15, 0.2) is 18.2 Å². The van der Waals surface area contributed by atoms with Crippen molar-refractivity contribution >= 4 is 33.4 Å². The highest BCUT2D eigenvalue weighted by Gasteiger charge is 2.27. The molecule has 94 valence electrons. The second-order valence-electron chi connectivity index (χ2n) is 5.30. The van der Waals surface area contributed by atoms with Gasteiger partial charge in [0.25, 0.3) is 0 Å². The minimum absolute atomic E-state index is 0.368. The van der Waals surface area contributed by atoms with E-state index in [-0.39, 0.29) is 0 Å². The number of halogens is 1. The van der Waals surface area contributed by atoms with E-state index < -0.39 is 0 Å². The molecule has 0 bridgehead atoms. The normalized spacial score (nSPS) is 19.4. The van der Waals surface area contributed by atoms with Gasteiger partial charge in [0.05, 0.1) is 0 Å². The highest BCUT2D eigenvalue weighted by atomic mass is 79.9. The predicted octanol–water partition coefficient (Wildman–Crippen LogP) is 4.22. The molecule has 17 heavy (non-hydrogen) atoms. The van der Waals surface area contributed by atoms with Gasteiger partial charge >= 0.3 is 0 Å². The highest BCUT2D eigenvalue weighted by Crippen LogP contribution is 2.34. The number of aryl methyl sites for hydroxylation is 1. The number of hydrogen-bond donors (Lipinski definition) is 0. The van der Waals surface area contributed by atoms with Crippen LogP contribution < -0.4 is 4.90 Å². The Hall–Kier alpha value is -0.150. The zero-order chi connectivity index (χ0) is 12.5. The third-order valence-corrected chi connectivity index (χ3v) is 5.05. The van der Waals surface area contributed by atoms with Crippen LogP contribution in [-0.2, 0) is 5.33 Å². The van der Waals surface area contributed by atoms with Crippen LogP contribution in [0.3, 0.4) is 0 Å². The van der Waals surface area contributed by atoms with Crippen molar-refractivity contribution < 1.29 is 0 Å². The van der Waals surface area contributed by atoms with E-state index in [1.54, 1.807) is 0 Å². The van der Waals surface area contributed by atoms with Crippen molar-refractivity contribution in [1.82, 2.24) is 0 Å². The number of nitrogens with zero attached hydrogens (tertiary/aromatic N) is 1. The van der Waals surface area contributed by atoms with E-state index in [1.807, 2.05) is 0 Å². The van der Waals surface area contributed by atoms with Crippen molar-refractivity contribution in [2.75, 3.05) is 23.7 Å². The van der Waals surface area contributed by atoms with E-state index in [1.165, 1.54) is 22.6 Å². The van der Waals surface area contributed by atoms with Crippen molar-refractivity contribution in [1.29, 1.82) is 0 Å². The Morgan fingerprint density at radius 1 is 1.41 bits per heavy atom. The Balaban J connectivity index is 2.27. The van der Waals surface area contributed by atoms with Crippen LogP contribution in [-0.4, -0.2) is 23.6 Å². The molecule has 2 rings (SSSR count). The lowest BCUT2D eigenvalue weighted by atomic mass is 10.1. The number of thioether (sulfide) groups is 1. The van der Waals surface area contributed by atoms with E-state index in [0.717, 1.165) is 18.4 Å². The maximum Gasteiger partial charge on any atom is 0.0408 e. The molecule has 0 spiro atoms. The predicted molar refractivity (Wildman–Crippen MR) is 82.6 cm³/mol. The third-order valence-electron chi connectivity index (χ3n) is 3.15. The monoisotopic (exact) mass is 313 g/mol. The smallest absolute Gasteiger partial charge is 0.0408 e. The summed E-state index contributed by atoms with van der Waals surface area (Å²) in [4.78, 5) is 2.53. The summed E-state index contributed by atoms with van der Waals surface area (Å²) < 4.78 is 0.368. The minimum atomic E-state index is 0.368. The lowest BCUT2D eigenvalue weighted by Crippen LogP contribution is -2.43. The van der Waals surface area contributed by atoms with Crippen LogP contribution in [0.25, 0.3) is 0 Å². The van der Waals surface area contributed by atoms with E-state index in [0.29, 0.717) is 4.75 Å². The second kappa shape index (κ2) is 5.23. The Kier molecular flexibility index (Phi) is 4.09. The molecule has 1 saturated heterocycles. The molecule has 0 saturated carbocycles. The number of alkyl halides is 1. The van der Waals surface area contributed by atoms with E-state index in [2.05, 4.69) is 71.6 Å². The number of benzene rings is 1. The zero-order valence-corrected chi connectivity index (χ0v) is 13.2. The van der Waals surface area contributed by atoms with Gasteiger partial charge in [-0.25, -0.2) is 0 Å². The Bertz CT molecular complexity index is 403. The van der Waals surface area contributed by atoms with Crippen molar-refractivity contribution in [2.45, 2.75) is 30.8 Å². The van der Waals surface area contributed by atoms with Gasteiger partial charge in [-0.2, -0.15) is 11.8 Å². The summed E-state index contributed by atoms with van der Waals surface area (Å²) in [6.45, 7) is 9.14. The molecule has 1 aliphatic heterocycles. The van der Waals surface area contributed by atoms with Crippen LogP contribution in [0.1, 0.15) is 25.0 Å².